The fourth-order valence-electron chi connectivity index (χ4n) is 3.76. The largest absolute Gasteiger partial charge is 0.320 e. The molecule has 2 aliphatic rings. The normalized spacial score (nSPS) is 17.3. The lowest BCUT2D eigenvalue weighted by molar-refractivity contribution is -0.105. The first kappa shape index (κ1) is 12.6. The first-order valence-corrected chi connectivity index (χ1v) is 7.84. The van der Waals surface area contributed by atoms with Gasteiger partial charge in [0.2, 0.25) is 0 Å². The molecule has 0 N–H and O–H groups in total. The van der Waals surface area contributed by atoms with Gasteiger partial charge in [0.25, 0.3) is 0 Å². The van der Waals surface area contributed by atoms with Crippen LogP contribution in [0.15, 0.2) is 42.1 Å². The minimum absolute atomic E-state index is 0.850. The van der Waals surface area contributed by atoms with Gasteiger partial charge in [0, 0.05) is 23.0 Å². The van der Waals surface area contributed by atoms with E-state index in [-0.39, 0.29) is 0 Å². The highest BCUT2D eigenvalue weighted by molar-refractivity contribution is 5.90. The van der Waals surface area contributed by atoms with E-state index in [1.807, 2.05) is 0 Å². The number of nitrogens with zero attached hydrogens (tertiary/aromatic N) is 1. The summed E-state index contributed by atoms with van der Waals surface area (Å²) in [6.45, 7) is 0. The van der Waals surface area contributed by atoms with E-state index in [9.17, 15) is 4.79 Å². The summed E-state index contributed by atoms with van der Waals surface area (Å²) in [5.74, 6) is 0. The molecule has 0 spiro atoms. The summed E-state index contributed by atoms with van der Waals surface area (Å²) in [7, 11) is 0. The second kappa shape index (κ2) is 5.03. The predicted octanol–water partition coefficient (Wildman–Crippen LogP) is 3.77. The fourth-order valence-corrected chi connectivity index (χ4v) is 3.76. The van der Waals surface area contributed by atoms with Crippen molar-refractivity contribution in [3.63, 3.8) is 0 Å². The van der Waals surface area contributed by atoms with Crippen molar-refractivity contribution in [1.29, 1.82) is 0 Å². The van der Waals surface area contributed by atoms with Gasteiger partial charge in [-0.15, -0.1) is 0 Å². The fraction of sp³-hybridized carbons (Fsp3) is 0.316. The number of hydrogen-bond acceptors (Lipinski definition) is 1. The minimum atomic E-state index is 0.850. The lowest BCUT2D eigenvalue weighted by Crippen LogP contribution is -2.15. The molecule has 0 unspecified atom stereocenters. The van der Waals surface area contributed by atoms with E-state index in [4.69, 9.17) is 0 Å². The van der Waals surface area contributed by atoms with Gasteiger partial charge < -0.3 is 4.57 Å². The average molecular weight is 277 g/mol. The van der Waals surface area contributed by atoms with Gasteiger partial charge in [-0.25, -0.2) is 0 Å². The van der Waals surface area contributed by atoms with Gasteiger partial charge in [-0.1, -0.05) is 24.3 Å². The highest BCUT2D eigenvalue weighted by Crippen LogP contribution is 2.35. The first-order chi connectivity index (χ1) is 10.4. The highest BCUT2D eigenvalue weighted by Gasteiger charge is 2.23. The zero-order chi connectivity index (χ0) is 14.2. The molecule has 1 aromatic carbocycles. The molecule has 1 aromatic heterocycles. The number of allylic oxidation sites excluding steroid dienone is 1. The summed E-state index contributed by atoms with van der Waals surface area (Å²) in [5, 5.41) is 0. The Kier molecular flexibility index (Phi) is 3.03. The maximum atomic E-state index is 11.6. The number of hydrogen-bond donors (Lipinski definition) is 0. The molecule has 0 fully saturated rings. The van der Waals surface area contributed by atoms with Crippen molar-refractivity contribution in [2.45, 2.75) is 38.5 Å². The number of aromatic nitrogens is 1. The van der Waals surface area contributed by atoms with Crippen LogP contribution < -0.4 is 0 Å². The highest BCUT2D eigenvalue weighted by atomic mass is 16.1. The summed E-state index contributed by atoms with van der Waals surface area (Å²) in [5.41, 5.74) is 7.52. The number of aryl methyl sites for hydroxylation is 2. The van der Waals surface area contributed by atoms with Crippen molar-refractivity contribution in [1.82, 2.24) is 4.57 Å². The summed E-state index contributed by atoms with van der Waals surface area (Å²) in [6, 6.07) is 10.7. The Balaban J connectivity index is 1.94. The van der Waals surface area contributed by atoms with Crippen molar-refractivity contribution in [2.24, 2.45) is 0 Å². The molecule has 0 amide bonds. The lowest BCUT2D eigenvalue weighted by Gasteiger charge is -2.25. The third kappa shape index (κ3) is 1.98. The van der Waals surface area contributed by atoms with Gasteiger partial charge >= 0.3 is 0 Å². The van der Waals surface area contributed by atoms with Crippen LogP contribution in [0.4, 0.5) is 0 Å². The van der Waals surface area contributed by atoms with Gasteiger partial charge in [-0.3, -0.25) is 4.79 Å². The van der Waals surface area contributed by atoms with E-state index < -0.39 is 0 Å². The third-order valence-corrected chi connectivity index (χ3v) is 4.82. The third-order valence-electron chi connectivity index (χ3n) is 4.82. The number of benzene rings is 1. The van der Waals surface area contributed by atoms with Gasteiger partial charge in [0.15, 0.2) is 0 Å². The zero-order valence-corrected chi connectivity index (χ0v) is 12.1. The van der Waals surface area contributed by atoms with Gasteiger partial charge in [-0.05, 0) is 55.7 Å². The van der Waals surface area contributed by atoms with E-state index in [2.05, 4.69) is 41.1 Å². The van der Waals surface area contributed by atoms with E-state index in [0.29, 0.717) is 0 Å². The SMILES string of the molecule is O=CC1=C(n2ccc3c2CCCC3)c2ccccc2CC1. The number of aldehydes is 1. The van der Waals surface area contributed by atoms with Gasteiger partial charge in [0.1, 0.15) is 6.29 Å². The number of fused-ring (bicyclic) bond motifs is 2. The van der Waals surface area contributed by atoms with Crippen molar-refractivity contribution >= 4 is 12.0 Å². The monoisotopic (exact) mass is 277 g/mol. The van der Waals surface area contributed by atoms with Crippen LogP contribution in [-0.2, 0) is 24.1 Å². The summed E-state index contributed by atoms with van der Waals surface area (Å²) < 4.78 is 2.29. The molecule has 1 heterocycles. The number of carbonyl (C=O) groups is 1. The van der Waals surface area contributed by atoms with Crippen LogP contribution in [0, 0.1) is 0 Å². The molecule has 2 aromatic rings. The van der Waals surface area contributed by atoms with Crippen molar-refractivity contribution in [2.75, 3.05) is 0 Å². The summed E-state index contributed by atoms with van der Waals surface area (Å²) >= 11 is 0. The molecule has 0 radical (unpaired) electrons. The average Bonchev–Trinajstić information content (AvgIpc) is 2.97. The Bertz CT molecular complexity index is 736. The van der Waals surface area contributed by atoms with Gasteiger partial charge in [0.05, 0.1) is 5.70 Å². The van der Waals surface area contributed by atoms with E-state index >= 15 is 0 Å². The summed E-state index contributed by atoms with van der Waals surface area (Å²) in [4.78, 5) is 11.6. The molecule has 2 aliphatic carbocycles. The minimum Gasteiger partial charge on any atom is -0.320 e. The van der Waals surface area contributed by atoms with Crippen LogP contribution in [0.3, 0.4) is 0 Å². The molecular formula is C19H19NO. The molecule has 0 atom stereocenters. The number of carbonyl (C=O) groups excluding carboxylic acids is 1. The molecule has 0 aliphatic heterocycles. The molecule has 21 heavy (non-hydrogen) atoms. The Morgan fingerprint density at radius 1 is 0.905 bits per heavy atom. The van der Waals surface area contributed by atoms with Crippen LogP contribution in [0.1, 0.15) is 41.6 Å². The van der Waals surface area contributed by atoms with Gasteiger partial charge in [-0.2, -0.15) is 0 Å². The standard InChI is InChI=1S/C19H19NO/c21-13-16-10-9-14-5-1-3-7-17(14)19(16)20-12-11-15-6-2-4-8-18(15)20/h1,3,5,7,11-13H,2,4,6,8-10H2. The van der Waals surface area contributed by atoms with Crippen LogP contribution in [0.2, 0.25) is 0 Å². The van der Waals surface area contributed by atoms with Crippen molar-refractivity contribution in [3.8, 4) is 0 Å². The maximum absolute atomic E-state index is 11.6. The molecule has 0 saturated carbocycles. The Labute approximate surface area is 125 Å². The van der Waals surface area contributed by atoms with E-state index in [0.717, 1.165) is 36.8 Å². The first-order valence-electron chi connectivity index (χ1n) is 7.84. The predicted molar refractivity (Wildman–Crippen MR) is 84.2 cm³/mol. The number of rotatable bonds is 2. The molecule has 4 rings (SSSR count). The van der Waals surface area contributed by atoms with E-state index in [1.165, 1.54) is 41.6 Å². The van der Waals surface area contributed by atoms with Crippen LogP contribution in [-0.4, -0.2) is 10.9 Å². The second-order valence-corrected chi connectivity index (χ2v) is 6.01. The zero-order valence-electron chi connectivity index (χ0n) is 12.1. The van der Waals surface area contributed by atoms with Crippen LogP contribution in [0.5, 0.6) is 0 Å². The van der Waals surface area contributed by atoms with Crippen LogP contribution >= 0.6 is 0 Å². The Hall–Kier alpha value is -2.09. The second-order valence-electron chi connectivity index (χ2n) is 6.01. The smallest absolute Gasteiger partial charge is 0.148 e. The summed E-state index contributed by atoms with van der Waals surface area (Å²) in [6.07, 6.45) is 9.88. The van der Waals surface area contributed by atoms with Crippen molar-refractivity contribution < 1.29 is 4.79 Å². The quantitative estimate of drug-likeness (QED) is 0.766. The molecule has 2 heteroatoms. The topological polar surface area (TPSA) is 22.0 Å². The molecule has 0 bridgehead atoms. The van der Waals surface area contributed by atoms with E-state index in [1.54, 1.807) is 0 Å². The maximum Gasteiger partial charge on any atom is 0.148 e. The Morgan fingerprint density at radius 3 is 2.67 bits per heavy atom. The van der Waals surface area contributed by atoms with Crippen LogP contribution in [0.25, 0.3) is 5.70 Å². The van der Waals surface area contributed by atoms with Crippen molar-refractivity contribution in [3.05, 3.63) is 64.5 Å². The molecule has 0 saturated heterocycles. The lowest BCUT2D eigenvalue weighted by atomic mass is 9.89. The molecule has 2 nitrogen and oxygen atoms in total. The molecular weight excluding hydrogens is 258 g/mol. The molecule has 106 valence electrons. The Morgan fingerprint density at radius 2 is 1.76 bits per heavy atom.